The zero-order valence-corrected chi connectivity index (χ0v) is 10.9. The summed E-state index contributed by atoms with van der Waals surface area (Å²) < 4.78 is 11.0. The van der Waals surface area contributed by atoms with Gasteiger partial charge in [0, 0.05) is 12.6 Å². The third-order valence-electron chi connectivity index (χ3n) is 3.97. The van der Waals surface area contributed by atoms with Crippen molar-refractivity contribution in [1.82, 2.24) is 15.5 Å². The number of rotatable bonds is 4. The zero-order chi connectivity index (χ0) is 12.4. The van der Waals surface area contributed by atoms with Crippen LogP contribution in [-0.4, -0.2) is 29.3 Å². The van der Waals surface area contributed by atoms with E-state index in [1.165, 1.54) is 12.8 Å². The van der Waals surface area contributed by atoms with Crippen LogP contribution in [0, 0.1) is 0 Å². The number of hydrogen-bond acceptors (Lipinski definition) is 5. The van der Waals surface area contributed by atoms with Crippen LogP contribution in [0.15, 0.2) is 4.52 Å². The summed E-state index contributed by atoms with van der Waals surface area (Å²) in [5, 5.41) is 7.61. The van der Waals surface area contributed by atoms with E-state index in [1.54, 1.807) is 0 Å². The Kier molecular flexibility index (Phi) is 3.61. The predicted octanol–water partition coefficient (Wildman–Crippen LogP) is 2.17. The van der Waals surface area contributed by atoms with Crippen LogP contribution in [0.5, 0.6) is 0 Å². The van der Waals surface area contributed by atoms with Gasteiger partial charge in [0.05, 0.1) is 5.92 Å². The molecule has 2 heterocycles. The van der Waals surface area contributed by atoms with Crippen molar-refractivity contribution in [3.05, 3.63) is 11.7 Å². The van der Waals surface area contributed by atoms with Crippen molar-refractivity contribution in [2.45, 2.75) is 57.1 Å². The molecule has 2 fully saturated rings. The van der Waals surface area contributed by atoms with Crippen LogP contribution in [0.25, 0.3) is 0 Å². The molecule has 1 N–H and O–H groups in total. The van der Waals surface area contributed by atoms with E-state index in [9.17, 15) is 0 Å². The Morgan fingerprint density at radius 1 is 1.28 bits per heavy atom. The summed E-state index contributed by atoms with van der Waals surface area (Å²) >= 11 is 0. The van der Waals surface area contributed by atoms with Crippen LogP contribution in [0.1, 0.15) is 62.8 Å². The molecule has 3 unspecified atom stereocenters. The molecule has 1 saturated heterocycles. The molecule has 1 aromatic rings. The lowest BCUT2D eigenvalue weighted by Gasteiger charge is -2.16. The maximum absolute atomic E-state index is 5.59. The number of likely N-dealkylation sites (N-methyl/N-ethyl adjacent to an activating group) is 1. The van der Waals surface area contributed by atoms with E-state index in [-0.39, 0.29) is 6.10 Å². The van der Waals surface area contributed by atoms with E-state index in [2.05, 4.69) is 22.4 Å². The van der Waals surface area contributed by atoms with Crippen LogP contribution in [0.4, 0.5) is 0 Å². The molecule has 0 aromatic carbocycles. The smallest absolute Gasteiger partial charge is 0.231 e. The first-order chi connectivity index (χ1) is 8.88. The highest BCUT2D eigenvalue weighted by atomic mass is 16.5. The highest BCUT2D eigenvalue weighted by molar-refractivity contribution is 5.04. The minimum absolute atomic E-state index is 0.0569. The first kappa shape index (κ1) is 12.1. The Hall–Kier alpha value is -0.940. The third kappa shape index (κ3) is 2.29. The molecular formula is C13H21N3O2. The van der Waals surface area contributed by atoms with E-state index < -0.39 is 0 Å². The molecule has 0 spiro atoms. The van der Waals surface area contributed by atoms with Gasteiger partial charge in [-0.25, -0.2) is 0 Å². The molecule has 18 heavy (non-hydrogen) atoms. The second kappa shape index (κ2) is 5.36. The summed E-state index contributed by atoms with van der Waals surface area (Å²) in [5.74, 6) is 1.92. The van der Waals surface area contributed by atoms with Crippen molar-refractivity contribution < 1.29 is 9.26 Å². The predicted molar refractivity (Wildman–Crippen MR) is 66.3 cm³/mol. The van der Waals surface area contributed by atoms with Gasteiger partial charge < -0.3 is 14.6 Å². The molecule has 1 aliphatic heterocycles. The van der Waals surface area contributed by atoms with Gasteiger partial charge in [-0.15, -0.1) is 0 Å². The average molecular weight is 251 g/mol. The van der Waals surface area contributed by atoms with E-state index in [4.69, 9.17) is 9.26 Å². The van der Waals surface area contributed by atoms with Gasteiger partial charge in [-0.1, -0.05) is 18.5 Å². The van der Waals surface area contributed by atoms with Crippen LogP contribution < -0.4 is 5.32 Å². The lowest BCUT2D eigenvalue weighted by Crippen LogP contribution is -2.31. The fourth-order valence-electron chi connectivity index (χ4n) is 3.07. The second-order valence-corrected chi connectivity index (χ2v) is 5.19. The summed E-state index contributed by atoms with van der Waals surface area (Å²) in [6.07, 6.45) is 5.75. The molecular weight excluding hydrogens is 230 g/mol. The van der Waals surface area contributed by atoms with E-state index >= 15 is 0 Å². The van der Waals surface area contributed by atoms with Gasteiger partial charge in [0.15, 0.2) is 0 Å². The topological polar surface area (TPSA) is 60.2 Å². The second-order valence-electron chi connectivity index (χ2n) is 5.19. The van der Waals surface area contributed by atoms with Gasteiger partial charge >= 0.3 is 0 Å². The zero-order valence-electron chi connectivity index (χ0n) is 10.9. The van der Waals surface area contributed by atoms with Crippen molar-refractivity contribution in [3.8, 4) is 0 Å². The van der Waals surface area contributed by atoms with Crippen molar-refractivity contribution in [2.24, 2.45) is 0 Å². The molecule has 3 rings (SSSR count). The number of nitrogens with one attached hydrogen (secondary N) is 1. The lowest BCUT2D eigenvalue weighted by molar-refractivity contribution is 0.103. The fourth-order valence-corrected chi connectivity index (χ4v) is 3.07. The summed E-state index contributed by atoms with van der Waals surface area (Å²) in [7, 11) is 0. The standard InChI is InChI=1S/C13H21N3O2/c1-2-14-10-6-3-5-9(10)13-15-12(16-18-13)11-7-4-8-17-11/h9-11,14H,2-8H2,1H3. The van der Waals surface area contributed by atoms with Gasteiger partial charge in [0.2, 0.25) is 11.7 Å². The average Bonchev–Trinajstić information content (AvgIpc) is 3.10. The Morgan fingerprint density at radius 3 is 3.00 bits per heavy atom. The minimum Gasteiger partial charge on any atom is -0.370 e. The van der Waals surface area contributed by atoms with Gasteiger partial charge in [-0.05, 0) is 32.2 Å². The maximum Gasteiger partial charge on any atom is 0.231 e. The molecule has 0 radical (unpaired) electrons. The van der Waals surface area contributed by atoms with Crippen LogP contribution in [0.3, 0.4) is 0 Å². The van der Waals surface area contributed by atoms with E-state index in [0.29, 0.717) is 12.0 Å². The minimum atomic E-state index is 0.0569. The number of nitrogens with zero attached hydrogens (tertiary/aromatic N) is 2. The Labute approximate surface area is 107 Å². The number of ether oxygens (including phenoxy) is 1. The summed E-state index contributed by atoms with van der Waals surface area (Å²) in [5.41, 5.74) is 0. The Balaban J connectivity index is 1.71. The largest absolute Gasteiger partial charge is 0.370 e. The van der Waals surface area contributed by atoms with Crippen molar-refractivity contribution >= 4 is 0 Å². The van der Waals surface area contributed by atoms with Crippen molar-refractivity contribution in [3.63, 3.8) is 0 Å². The van der Waals surface area contributed by atoms with E-state index in [0.717, 1.165) is 44.1 Å². The molecule has 1 aromatic heterocycles. The number of aromatic nitrogens is 2. The SMILES string of the molecule is CCNC1CCCC1c1nc(C2CCCO2)no1. The lowest BCUT2D eigenvalue weighted by atomic mass is 10.0. The summed E-state index contributed by atoms with van der Waals surface area (Å²) in [6.45, 7) is 3.95. The Bertz CT molecular complexity index is 387. The molecule has 0 amide bonds. The fraction of sp³-hybridized carbons (Fsp3) is 0.846. The first-order valence-electron chi connectivity index (χ1n) is 7.07. The first-order valence-corrected chi connectivity index (χ1v) is 7.07. The highest BCUT2D eigenvalue weighted by Crippen LogP contribution is 2.35. The molecule has 5 heteroatoms. The van der Waals surface area contributed by atoms with Crippen molar-refractivity contribution in [2.75, 3.05) is 13.2 Å². The molecule has 0 bridgehead atoms. The van der Waals surface area contributed by atoms with Gasteiger partial charge in [-0.2, -0.15) is 4.98 Å². The van der Waals surface area contributed by atoms with Crippen LogP contribution in [-0.2, 0) is 4.74 Å². The van der Waals surface area contributed by atoms with E-state index in [1.807, 2.05) is 0 Å². The monoisotopic (exact) mass is 251 g/mol. The summed E-state index contributed by atoms with van der Waals surface area (Å²) in [4.78, 5) is 4.56. The van der Waals surface area contributed by atoms with Gasteiger partial charge in [0.25, 0.3) is 0 Å². The number of hydrogen-bond donors (Lipinski definition) is 1. The molecule has 1 aliphatic carbocycles. The highest BCUT2D eigenvalue weighted by Gasteiger charge is 2.33. The Morgan fingerprint density at radius 2 is 2.22 bits per heavy atom. The van der Waals surface area contributed by atoms with Crippen LogP contribution in [0.2, 0.25) is 0 Å². The van der Waals surface area contributed by atoms with Crippen LogP contribution >= 0.6 is 0 Å². The molecule has 3 atom stereocenters. The maximum atomic E-state index is 5.59. The summed E-state index contributed by atoms with van der Waals surface area (Å²) in [6, 6.07) is 0.493. The van der Waals surface area contributed by atoms with Gasteiger partial charge in [0.1, 0.15) is 6.10 Å². The molecule has 1 saturated carbocycles. The molecule has 5 nitrogen and oxygen atoms in total. The third-order valence-corrected chi connectivity index (χ3v) is 3.97. The quantitative estimate of drug-likeness (QED) is 0.888. The molecule has 2 aliphatic rings. The normalized spacial score (nSPS) is 32.2. The van der Waals surface area contributed by atoms with Gasteiger partial charge in [-0.3, -0.25) is 0 Å². The van der Waals surface area contributed by atoms with Crippen molar-refractivity contribution in [1.29, 1.82) is 0 Å². The molecule has 100 valence electrons.